The third-order valence-corrected chi connectivity index (χ3v) is 4.85. The molecule has 1 fully saturated rings. The van der Waals surface area contributed by atoms with Gasteiger partial charge in [0.1, 0.15) is 23.2 Å². The standard InChI is InChI=1S/C23H14F3NO3/c24-14-10-8-13(9-11-14)21(28)19-20(17-6-1-2-7-18(17)26)27(23(30)22(19)29)16-5-3-4-15(25)12-16/h1-12,20,28H/b21-19+. The minimum Gasteiger partial charge on any atom is -0.507 e. The predicted molar refractivity (Wildman–Crippen MR) is 104 cm³/mol. The SMILES string of the molecule is O=C1C(=O)N(c2cccc(F)c2)C(c2ccccc2F)/C1=C(\O)c1ccc(F)cc1. The average Bonchev–Trinajstić information content (AvgIpc) is 2.99. The van der Waals surface area contributed by atoms with Crippen LogP contribution in [-0.4, -0.2) is 16.8 Å². The van der Waals surface area contributed by atoms with Gasteiger partial charge in [-0.1, -0.05) is 24.3 Å². The van der Waals surface area contributed by atoms with Crippen LogP contribution in [0.4, 0.5) is 18.9 Å². The first-order chi connectivity index (χ1) is 14.4. The van der Waals surface area contributed by atoms with E-state index in [1.54, 1.807) is 0 Å². The van der Waals surface area contributed by atoms with Gasteiger partial charge in [0, 0.05) is 16.8 Å². The smallest absolute Gasteiger partial charge is 0.300 e. The van der Waals surface area contributed by atoms with E-state index in [-0.39, 0.29) is 22.4 Å². The van der Waals surface area contributed by atoms with Crippen molar-refractivity contribution < 1.29 is 27.9 Å². The van der Waals surface area contributed by atoms with E-state index in [0.29, 0.717) is 0 Å². The Bertz CT molecular complexity index is 1190. The molecule has 1 heterocycles. The average molecular weight is 409 g/mol. The summed E-state index contributed by atoms with van der Waals surface area (Å²) >= 11 is 0. The maximum absolute atomic E-state index is 14.7. The maximum atomic E-state index is 14.7. The third kappa shape index (κ3) is 3.24. The van der Waals surface area contributed by atoms with Gasteiger partial charge >= 0.3 is 0 Å². The van der Waals surface area contributed by atoms with E-state index < -0.39 is 40.9 Å². The van der Waals surface area contributed by atoms with E-state index in [1.165, 1.54) is 42.5 Å². The Kier molecular flexibility index (Phi) is 4.87. The minimum atomic E-state index is -1.34. The summed E-state index contributed by atoms with van der Waals surface area (Å²) < 4.78 is 41.8. The van der Waals surface area contributed by atoms with Crippen molar-refractivity contribution >= 4 is 23.1 Å². The van der Waals surface area contributed by atoms with Crippen LogP contribution < -0.4 is 4.90 Å². The second-order valence-electron chi connectivity index (χ2n) is 6.68. The van der Waals surface area contributed by atoms with Crippen LogP contribution in [0.15, 0.2) is 78.4 Å². The fourth-order valence-electron chi connectivity index (χ4n) is 3.48. The number of aliphatic hydroxyl groups is 1. The number of amides is 1. The molecule has 0 radical (unpaired) electrons. The summed E-state index contributed by atoms with van der Waals surface area (Å²) in [6.07, 6.45) is 0. The van der Waals surface area contributed by atoms with Crippen LogP contribution >= 0.6 is 0 Å². The molecular formula is C23H14F3NO3. The molecule has 1 amide bonds. The van der Waals surface area contributed by atoms with Crippen LogP contribution in [0, 0.1) is 17.5 Å². The Morgan fingerprint density at radius 3 is 2.20 bits per heavy atom. The molecule has 0 saturated carbocycles. The number of hydrogen-bond donors (Lipinski definition) is 1. The van der Waals surface area contributed by atoms with Crippen LogP contribution in [0.3, 0.4) is 0 Å². The molecule has 1 aliphatic rings. The molecule has 1 atom stereocenters. The van der Waals surface area contributed by atoms with Crippen LogP contribution in [0.5, 0.6) is 0 Å². The Morgan fingerprint density at radius 1 is 0.833 bits per heavy atom. The number of carbonyl (C=O) groups excluding carboxylic acids is 2. The Labute approximate surface area is 169 Å². The second kappa shape index (κ2) is 7.51. The van der Waals surface area contributed by atoms with Gasteiger partial charge < -0.3 is 5.11 Å². The Morgan fingerprint density at radius 2 is 1.53 bits per heavy atom. The molecule has 30 heavy (non-hydrogen) atoms. The van der Waals surface area contributed by atoms with Crippen molar-refractivity contribution in [1.82, 2.24) is 0 Å². The minimum absolute atomic E-state index is 0.0310. The number of halogens is 3. The number of nitrogens with zero attached hydrogens (tertiary/aromatic N) is 1. The van der Waals surface area contributed by atoms with Crippen LogP contribution in [-0.2, 0) is 9.59 Å². The van der Waals surface area contributed by atoms with E-state index in [0.717, 1.165) is 35.2 Å². The highest BCUT2D eigenvalue weighted by atomic mass is 19.1. The van der Waals surface area contributed by atoms with Gasteiger partial charge in [-0.15, -0.1) is 0 Å². The summed E-state index contributed by atoms with van der Waals surface area (Å²) in [6, 6.07) is 13.7. The molecule has 1 unspecified atom stereocenters. The number of Topliss-reactive ketones (excluding diaryl/α,β-unsaturated/α-hetero) is 1. The van der Waals surface area contributed by atoms with Gasteiger partial charge in [-0.2, -0.15) is 0 Å². The van der Waals surface area contributed by atoms with Crippen LogP contribution in [0.1, 0.15) is 17.2 Å². The lowest BCUT2D eigenvalue weighted by Gasteiger charge is -2.25. The number of carbonyl (C=O) groups is 2. The van der Waals surface area contributed by atoms with Crippen molar-refractivity contribution in [3.8, 4) is 0 Å². The summed E-state index contributed by atoms with van der Waals surface area (Å²) in [5.41, 5.74) is -0.316. The normalized spacial score (nSPS) is 18.1. The lowest BCUT2D eigenvalue weighted by Crippen LogP contribution is -2.30. The lowest BCUT2D eigenvalue weighted by atomic mass is 9.94. The quantitative estimate of drug-likeness (QED) is 0.387. The zero-order valence-electron chi connectivity index (χ0n) is 15.4. The van der Waals surface area contributed by atoms with Gasteiger partial charge in [0.15, 0.2) is 0 Å². The predicted octanol–water partition coefficient (Wildman–Crippen LogP) is 4.73. The number of benzene rings is 3. The summed E-state index contributed by atoms with van der Waals surface area (Å²) in [5.74, 6) is -4.61. The fraction of sp³-hybridized carbons (Fsp3) is 0.0435. The molecule has 1 saturated heterocycles. The number of rotatable bonds is 3. The first-order valence-corrected chi connectivity index (χ1v) is 8.95. The van der Waals surface area contributed by atoms with Gasteiger partial charge in [-0.05, 0) is 48.5 Å². The van der Waals surface area contributed by atoms with Crippen molar-refractivity contribution in [3.05, 3.63) is 107 Å². The van der Waals surface area contributed by atoms with E-state index in [9.17, 15) is 27.9 Å². The highest BCUT2D eigenvalue weighted by Gasteiger charge is 2.47. The molecule has 0 spiro atoms. The topological polar surface area (TPSA) is 57.6 Å². The van der Waals surface area contributed by atoms with Crippen LogP contribution in [0.2, 0.25) is 0 Å². The van der Waals surface area contributed by atoms with E-state index in [4.69, 9.17) is 0 Å². The number of ketones is 1. The molecule has 0 aliphatic carbocycles. The molecule has 150 valence electrons. The number of anilines is 1. The van der Waals surface area contributed by atoms with Gasteiger partial charge in [-0.3, -0.25) is 14.5 Å². The largest absolute Gasteiger partial charge is 0.507 e. The molecule has 1 aliphatic heterocycles. The first-order valence-electron chi connectivity index (χ1n) is 8.95. The zero-order valence-corrected chi connectivity index (χ0v) is 15.4. The van der Waals surface area contributed by atoms with E-state index in [2.05, 4.69) is 0 Å². The third-order valence-electron chi connectivity index (χ3n) is 4.85. The van der Waals surface area contributed by atoms with Gasteiger partial charge in [-0.25, -0.2) is 13.2 Å². The molecule has 7 heteroatoms. The van der Waals surface area contributed by atoms with Gasteiger partial charge in [0.05, 0.1) is 11.6 Å². The highest BCUT2D eigenvalue weighted by molar-refractivity contribution is 6.51. The van der Waals surface area contributed by atoms with E-state index in [1.807, 2.05) is 0 Å². The number of aliphatic hydroxyl groups excluding tert-OH is 1. The number of hydrogen-bond acceptors (Lipinski definition) is 3. The molecule has 3 aromatic carbocycles. The molecule has 0 bridgehead atoms. The van der Waals surface area contributed by atoms with Crippen molar-refractivity contribution in [3.63, 3.8) is 0 Å². The maximum Gasteiger partial charge on any atom is 0.300 e. The van der Waals surface area contributed by atoms with E-state index >= 15 is 0 Å². The lowest BCUT2D eigenvalue weighted by molar-refractivity contribution is -0.132. The highest BCUT2D eigenvalue weighted by Crippen LogP contribution is 2.42. The monoisotopic (exact) mass is 409 g/mol. The zero-order chi connectivity index (χ0) is 21.4. The summed E-state index contributed by atoms with van der Waals surface area (Å²) in [5, 5.41) is 10.8. The molecule has 1 N–H and O–H groups in total. The van der Waals surface area contributed by atoms with Crippen molar-refractivity contribution in [2.24, 2.45) is 0 Å². The molecule has 0 aromatic heterocycles. The molecule has 4 rings (SSSR count). The second-order valence-corrected chi connectivity index (χ2v) is 6.68. The molecular weight excluding hydrogens is 395 g/mol. The summed E-state index contributed by atoms with van der Waals surface area (Å²) in [7, 11) is 0. The Hall–Kier alpha value is -3.87. The summed E-state index contributed by atoms with van der Waals surface area (Å²) in [4.78, 5) is 26.6. The van der Waals surface area contributed by atoms with Gasteiger partial charge in [0.2, 0.25) is 0 Å². The fourth-order valence-corrected chi connectivity index (χ4v) is 3.48. The van der Waals surface area contributed by atoms with Crippen molar-refractivity contribution in [1.29, 1.82) is 0 Å². The summed E-state index contributed by atoms with van der Waals surface area (Å²) in [6.45, 7) is 0. The van der Waals surface area contributed by atoms with Crippen molar-refractivity contribution in [2.75, 3.05) is 4.90 Å². The van der Waals surface area contributed by atoms with Crippen molar-refractivity contribution in [2.45, 2.75) is 6.04 Å². The molecule has 3 aromatic rings. The Balaban J connectivity index is 1.98. The van der Waals surface area contributed by atoms with Gasteiger partial charge in [0.25, 0.3) is 11.7 Å². The first kappa shape index (κ1) is 19.4. The van der Waals surface area contributed by atoms with Crippen LogP contribution in [0.25, 0.3) is 5.76 Å². The molecule has 4 nitrogen and oxygen atoms in total.